The maximum absolute atomic E-state index is 12.1. The van der Waals surface area contributed by atoms with E-state index in [-0.39, 0.29) is 11.7 Å². The van der Waals surface area contributed by atoms with Gasteiger partial charge in [0.2, 0.25) is 0 Å². The van der Waals surface area contributed by atoms with Crippen LogP contribution < -0.4 is 10.1 Å². The van der Waals surface area contributed by atoms with Crippen LogP contribution in [-0.4, -0.2) is 30.0 Å². The lowest BCUT2D eigenvalue weighted by atomic mass is 10.1. The Balaban J connectivity index is 1.54. The Morgan fingerprint density at radius 2 is 1.75 bits per heavy atom. The number of hydrogen-bond acceptors (Lipinski definition) is 5. The fraction of sp³-hybridized carbons (Fsp3) is 0.0455. The molecule has 1 aliphatic rings. The van der Waals surface area contributed by atoms with Gasteiger partial charge in [0.1, 0.15) is 5.71 Å². The summed E-state index contributed by atoms with van der Waals surface area (Å²) in [6.07, 6.45) is 1.68. The van der Waals surface area contributed by atoms with Gasteiger partial charge in [-0.25, -0.2) is 4.99 Å². The topological polar surface area (TPSA) is 83.3 Å². The highest BCUT2D eigenvalue weighted by Crippen LogP contribution is 2.27. The number of para-hydroxylation sites is 1. The second-order valence-corrected chi connectivity index (χ2v) is 6.17. The fourth-order valence-electron chi connectivity index (χ4n) is 2.88. The Hall–Kier alpha value is -3.93. The summed E-state index contributed by atoms with van der Waals surface area (Å²) in [5, 5.41) is 12.4. The van der Waals surface area contributed by atoms with E-state index >= 15 is 0 Å². The van der Waals surface area contributed by atoms with E-state index in [9.17, 15) is 9.90 Å². The van der Waals surface area contributed by atoms with Gasteiger partial charge in [0.05, 0.1) is 24.2 Å². The van der Waals surface area contributed by atoms with Gasteiger partial charge in [-0.15, -0.1) is 0 Å². The molecule has 0 bridgehead atoms. The summed E-state index contributed by atoms with van der Waals surface area (Å²) in [5.41, 5.74) is 4.20. The number of carbonyl (C=O) groups excluding carboxylic acids is 1. The van der Waals surface area contributed by atoms with Crippen molar-refractivity contribution < 1.29 is 14.6 Å². The van der Waals surface area contributed by atoms with E-state index in [1.165, 1.54) is 7.11 Å². The van der Waals surface area contributed by atoms with Gasteiger partial charge in [-0.3, -0.25) is 9.79 Å². The number of carbonyl (C=O) groups is 1. The van der Waals surface area contributed by atoms with Crippen LogP contribution in [0.2, 0.25) is 0 Å². The zero-order chi connectivity index (χ0) is 19.5. The first-order valence-corrected chi connectivity index (χ1v) is 8.64. The van der Waals surface area contributed by atoms with Crippen molar-refractivity contribution in [3.8, 4) is 11.5 Å². The van der Waals surface area contributed by atoms with Crippen molar-refractivity contribution in [2.75, 3.05) is 12.4 Å². The van der Waals surface area contributed by atoms with E-state index in [2.05, 4.69) is 15.3 Å². The predicted octanol–water partition coefficient (Wildman–Crippen LogP) is 4.22. The van der Waals surface area contributed by atoms with Gasteiger partial charge >= 0.3 is 0 Å². The van der Waals surface area contributed by atoms with Crippen molar-refractivity contribution in [1.29, 1.82) is 0 Å². The highest BCUT2D eigenvalue weighted by molar-refractivity contribution is 6.54. The molecule has 4 rings (SSSR count). The summed E-state index contributed by atoms with van der Waals surface area (Å²) in [4.78, 5) is 21.0. The summed E-state index contributed by atoms with van der Waals surface area (Å²) >= 11 is 0. The van der Waals surface area contributed by atoms with Crippen LogP contribution in [0.4, 0.5) is 17.1 Å². The van der Waals surface area contributed by atoms with Crippen LogP contribution >= 0.6 is 0 Å². The second-order valence-electron chi connectivity index (χ2n) is 6.17. The van der Waals surface area contributed by atoms with E-state index in [1.807, 2.05) is 48.5 Å². The molecule has 0 fully saturated rings. The van der Waals surface area contributed by atoms with Gasteiger partial charge in [-0.05, 0) is 54.1 Å². The molecular formula is C22H17N3O3. The Bertz CT molecular complexity index is 1100. The lowest BCUT2D eigenvalue weighted by Crippen LogP contribution is -2.13. The van der Waals surface area contributed by atoms with Crippen LogP contribution in [-0.2, 0) is 4.79 Å². The molecule has 0 atom stereocenters. The number of aromatic hydroxyl groups is 1. The smallest absolute Gasteiger partial charge is 0.275 e. The molecule has 0 spiro atoms. The van der Waals surface area contributed by atoms with Gasteiger partial charge in [0, 0.05) is 11.8 Å². The molecule has 0 aliphatic carbocycles. The normalized spacial score (nSPS) is 14.3. The van der Waals surface area contributed by atoms with Crippen molar-refractivity contribution in [1.82, 2.24) is 0 Å². The third kappa shape index (κ3) is 3.48. The Morgan fingerprint density at radius 1 is 1.00 bits per heavy atom. The zero-order valence-corrected chi connectivity index (χ0v) is 15.1. The predicted molar refractivity (Wildman–Crippen MR) is 110 cm³/mol. The number of hydrogen-bond donors (Lipinski definition) is 2. The summed E-state index contributed by atoms with van der Waals surface area (Å²) in [6, 6.07) is 19.8. The van der Waals surface area contributed by atoms with Crippen LogP contribution in [0.1, 0.15) is 11.1 Å². The zero-order valence-electron chi connectivity index (χ0n) is 15.1. The van der Waals surface area contributed by atoms with Crippen LogP contribution in [0.5, 0.6) is 11.5 Å². The number of anilines is 1. The number of amides is 1. The maximum atomic E-state index is 12.1. The molecule has 1 amide bonds. The lowest BCUT2D eigenvalue weighted by molar-refractivity contribution is -0.110. The molecule has 0 saturated heterocycles. The van der Waals surface area contributed by atoms with Crippen molar-refractivity contribution in [3.63, 3.8) is 0 Å². The highest BCUT2D eigenvalue weighted by Gasteiger charge is 2.25. The second kappa shape index (κ2) is 7.36. The van der Waals surface area contributed by atoms with E-state index in [4.69, 9.17) is 4.74 Å². The highest BCUT2D eigenvalue weighted by atomic mass is 16.5. The third-order valence-electron chi connectivity index (χ3n) is 4.30. The van der Waals surface area contributed by atoms with Crippen molar-refractivity contribution >= 4 is 34.9 Å². The molecule has 0 aromatic heterocycles. The van der Waals surface area contributed by atoms with E-state index in [1.54, 1.807) is 24.4 Å². The van der Waals surface area contributed by atoms with E-state index in [0.29, 0.717) is 17.1 Å². The number of methoxy groups -OCH3 is 1. The Morgan fingerprint density at radius 3 is 2.54 bits per heavy atom. The minimum atomic E-state index is -0.204. The summed E-state index contributed by atoms with van der Waals surface area (Å²) < 4.78 is 5.09. The number of phenols is 1. The number of benzene rings is 3. The lowest BCUT2D eigenvalue weighted by Gasteiger charge is -2.03. The molecule has 3 aromatic carbocycles. The average Bonchev–Trinajstić information content (AvgIpc) is 3.03. The molecule has 138 valence electrons. The maximum Gasteiger partial charge on any atom is 0.275 e. The Kier molecular flexibility index (Phi) is 4.60. The molecule has 2 N–H and O–H groups in total. The average molecular weight is 371 g/mol. The molecular weight excluding hydrogens is 354 g/mol. The summed E-state index contributed by atoms with van der Waals surface area (Å²) in [7, 11) is 1.50. The largest absolute Gasteiger partial charge is 0.504 e. The van der Waals surface area contributed by atoms with Crippen molar-refractivity contribution in [2.24, 2.45) is 9.98 Å². The van der Waals surface area contributed by atoms with Crippen LogP contribution in [0, 0.1) is 0 Å². The molecule has 0 radical (unpaired) electrons. The van der Waals surface area contributed by atoms with Crippen molar-refractivity contribution in [3.05, 3.63) is 77.9 Å². The molecule has 3 aromatic rings. The molecule has 6 nitrogen and oxygen atoms in total. The van der Waals surface area contributed by atoms with Crippen LogP contribution in [0.3, 0.4) is 0 Å². The monoisotopic (exact) mass is 371 g/mol. The quantitative estimate of drug-likeness (QED) is 0.674. The van der Waals surface area contributed by atoms with E-state index in [0.717, 1.165) is 22.5 Å². The molecule has 28 heavy (non-hydrogen) atoms. The molecule has 0 unspecified atom stereocenters. The Labute approximate surface area is 161 Å². The first kappa shape index (κ1) is 17.5. The van der Waals surface area contributed by atoms with Gasteiger partial charge in [-0.2, -0.15) is 0 Å². The van der Waals surface area contributed by atoms with Gasteiger partial charge in [-0.1, -0.05) is 18.2 Å². The van der Waals surface area contributed by atoms with E-state index < -0.39 is 0 Å². The number of rotatable bonds is 4. The van der Waals surface area contributed by atoms with Crippen molar-refractivity contribution in [2.45, 2.75) is 0 Å². The van der Waals surface area contributed by atoms with Gasteiger partial charge < -0.3 is 15.2 Å². The molecule has 1 aliphatic heterocycles. The fourth-order valence-corrected chi connectivity index (χ4v) is 2.88. The number of phenolic OH excluding ortho intramolecular Hbond substituents is 1. The van der Waals surface area contributed by atoms with Gasteiger partial charge in [0.25, 0.3) is 5.91 Å². The van der Waals surface area contributed by atoms with Gasteiger partial charge in [0.15, 0.2) is 11.5 Å². The standard InChI is InChI=1S/C22H17N3O3/c1-28-20-12-14(6-11-19(20)26)13-23-15-7-9-16(10-8-15)24-21-17-4-2-3-5-18(17)25-22(21)27/h2-13,26H,1H3,(H,24,25,27). The number of nitrogens with one attached hydrogen (secondary N) is 1. The number of fused-ring (bicyclic) bond motifs is 1. The number of ether oxygens (including phenoxy) is 1. The third-order valence-corrected chi connectivity index (χ3v) is 4.30. The summed E-state index contributed by atoms with van der Waals surface area (Å²) in [5.74, 6) is 0.274. The first-order chi connectivity index (χ1) is 13.6. The van der Waals surface area contributed by atoms with Crippen LogP contribution in [0.15, 0.2) is 76.7 Å². The number of nitrogens with zero attached hydrogens (tertiary/aromatic N) is 2. The minimum Gasteiger partial charge on any atom is -0.504 e. The molecule has 6 heteroatoms. The number of aliphatic imine (C=N–C) groups is 2. The molecule has 1 heterocycles. The minimum absolute atomic E-state index is 0.0839. The first-order valence-electron chi connectivity index (χ1n) is 8.64. The van der Waals surface area contributed by atoms with Crippen LogP contribution in [0.25, 0.3) is 0 Å². The summed E-state index contributed by atoms with van der Waals surface area (Å²) in [6.45, 7) is 0. The SMILES string of the molecule is COc1cc(C=Nc2ccc(N=C3C(=O)Nc4ccccc43)cc2)ccc1O. The molecule has 0 saturated carbocycles.